The lowest BCUT2D eigenvalue weighted by atomic mass is 10.1. The molecule has 0 spiro atoms. The number of hydrogen-bond donors (Lipinski definition) is 1. The number of benzene rings is 1. The zero-order valence-electron chi connectivity index (χ0n) is 8.63. The van der Waals surface area contributed by atoms with E-state index in [1.807, 2.05) is 6.92 Å². The largest absolute Gasteiger partial charge is 0.326 e. The van der Waals surface area contributed by atoms with Gasteiger partial charge in [-0.2, -0.15) is 0 Å². The van der Waals surface area contributed by atoms with Crippen LogP contribution in [-0.2, 0) is 6.54 Å². The highest BCUT2D eigenvalue weighted by Crippen LogP contribution is 2.28. The standard InChI is InChI=1S/C11H10F2N2S/c1-6-15-11(10(5-14)16-6)7-2-3-8(12)9(13)4-7/h2-4H,5,14H2,1H3. The molecule has 1 aromatic carbocycles. The number of nitrogens with zero attached hydrogens (tertiary/aromatic N) is 1. The average Bonchev–Trinajstić information content (AvgIpc) is 2.63. The maximum Gasteiger partial charge on any atom is 0.159 e. The fourth-order valence-electron chi connectivity index (χ4n) is 1.48. The fourth-order valence-corrected chi connectivity index (χ4v) is 2.31. The van der Waals surface area contributed by atoms with Gasteiger partial charge < -0.3 is 5.73 Å². The third kappa shape index (κ3) is 1.96. The van der Waals surface area contributed by atoms with Crippen molar-refractivity contribution >= 4 is 11.3 Å². The van der Waals surface area contributed by atoms with Crippen molar-refractivity contribution in [2.45, 2.75) is 13.5 Å². The number of aromatic nitrogens is 1. The van der Waals surface area contributed by atoms with Crippen molar-refractivity contribution in [3.8, 4) is 11.3 Å². The first kappa shape index (κ1) is 11.2. The molecule has 2 rings (SSSR count). The van der Waals surface area contributed by atoms with Crippen molar-refractivity contribution in [1.82, 2.24) is 4.98 Å². The van der Waals surface area contributed by atoms with Crippen LogP contribution < -0.4 is 5.73 Å². The summed E-state index contributed by atoms with van der Waals surface area (Å²) in [6, 6.07) is 3.74. The van der Waals surface area contributed by atoms with E-state index in [1.165, 1.54) is 17.4 Å². The van der Waals surface area contributed by atoms with Gasteiger partial charge >= 0.3 is 0 Å². The van der Waals surface area contributed by atoms with E-state index in [1.54, 1.807) is 0 Å². The molecule has 0 aliphatic heterocycles. The molecule has 0 aliphatic carbocycles. The molecule has 0 fully saturated rings. The van der Waals surface area contributed by atoms with Crippen LogP contribution in [0, 0.1) is 18.6 Å². The van der Waals surface area contributed by atoms with Gasteiger partial charge in [0.2, 0.25) is 0 Å². The molecule has 0 radical (unpaired) electrons. The van der Waals surface area contributed by atoms with Gasteiger partial charge in [0, 0.05) is 17.0 Å². The van der Waals surface area contributed by atoms with Gasteiger partial charge in [-0.3, -0.25) is 0 Å². The van der Waals surface area contributed by atoms with Crippen LogP contribution in [0.25, 0.3) is 11.3 Å². The number of rotatable bonds is 2. The normalized spacial score (nSPS) is 10.8. The maximum absolute atomic E-state index is 13.1. The summed E-state index contributed by atoms with van der Waals surface area (Å²) in [5.74, 6) is -1.73. The number of aryl methyl sites for hydroxylation is 1. The summed E-state index contributed by atoms with van der Waals surface area (Å²) in [6.45, 7) is 2.20. The van der Waals surface area contributed by atoms with Gasteiger partial charge in [-0.05, 0) is 25.1 Å². The zero-order chi connectivity index (χ0) is 11.7. The minimum Gasteiger partial charge on any atom is -0.326 e. The quantitative estimate of drug-likeness (QED) is 0.876. The Bertz CT molecular complexity index is 523. The minimum absolute atomic E-state index is 0.347. The molecule has 5 heteroatoms. The summed E-state index contributed by atoms with van der Waals surface area (Å²) in [4.78, 5) is 5.15. The van der Waals surface area contributed by atoms with Crippen molar-refractivity contribution in [3.05, 3.63) is 39.7 Å². The number of hydrogen-bond acceptors (Lipinski definition) is 3. The predicted molar refractivity (Wildman–Crippen MR) is 60.1 cm³/mol. The molecule has 0 bridgehead atoms. The minimum atomic E-state index is -0.869. The topological polar surface area (TPSA) is 38.9 Å². The van der Waals surface area contributed by atoms with Gasteiger partial charge in [0.15, 0.2) is 11.6 Å². The van der Waals surface area contributed by atoms with Crippen molar-refractivity contribution in [2.75, 3.05) is 0 Å². The third-order valence-corrected chi connectivity index (χ3v) is 3.18. The van der Waals surface area contributed by atoms with Crippen LogP contribution in [0.2, 0.25) is 0 Å². The lowest BCUT2D eigenvalue weighted by Crippen LogP contribution is -1.96. The Balaban J connectivity index is 2.53. The van der Waals surface area contributed by atoms with Crippen LogP contribution in [0.1, 0.15) is 9.88 Å². The van der Waals surface area contributed by atoms with Crippen LogP contribution in [0.5, 0.6) is 0 Å². The highest BCUT2D eigenvalue weighted by molar-refractivity contribution is 7.12. The van der Waals surface area contributed by atoms with E-state index in [0.29, 0.717) is 17.8 Å². The van der Waals surface area contributed by atoms with Crippen molar-refractivity contribution in [2.24, 2.45) is 5.73 Å². The van der Waals surface area contributed by atoms with Gasteiger partial charge in [-0.25, -0.2) is 13.8 Å². The fraction of sp³-hybridized carbons (Fsp3) is 0.182. The average molecular weight is 240 g/mol. The molecule has 0 amide bonds. The van der Waals surface area contributed by atoms with Gasteiger partial charge in [0.1, 0.15) is 0 Å². The summed E-state index contributed by atoms with van der Waals surface area (Å²) in [5.41, 5.74) is 6.77. The summed E-state index contributed by atoms with van der Waals surface area (Å²) < 4.78 is 25.9. The van der Waals surface area contributed by atoms with E-state index in [2.05, 4.69) is 4.98 Å². The molecule has 0 unspecified atom stereocenters. The van der Waals surface area contributed by atoms with Crippen molar-refractivity contribution in [3.63, 3.8) is 0 Å². The van der Waals surface area contributed by atoms with Crippen molar-refractivity contribution < 1.29 is 8.78 Å². The summed E-state index contributed by atoms with van der Waals surface area (Å²) >= 11 is 1.47. The van der Waals surface area contributed by atoms with E-state index in [4.69, 9.17) is 5.73 Å². The third-order valence-electron chi connectivity index (χ3n) is 2.18. The van der Waals surface area contributed by atoms with E-state index in [0.717, 1.165) is 22.0 Å². The maximum atomic E-state index is 13.1. The van der Waals surface area contributed by atoms with Gasteiger partial charge in [-0.1, -0.05) is 0 Å². The smallest absolute Gasteiger partial charge is 0.159 e. The lowest BCUT2D eigenvalue weighted by Gasteiger charge is -2.01. The molecule has 2 aromatic rings. The Morgan fingerprint density at radius 3 is 2.69 bits per heavy atom. The SMILES string of the molecule is Cc1nc(-c2ccc(F)c(F)c2)c(CN)s1. The first-order chi connectivity index (χ1) is 7.61. The second kappa shape index (κ2) is 4.27. The van der Waals surface area contributed by atoms with Crippen LogP contribution in [0.3, 0.4) is 0 Å². The second-order valence-electron chi connectivity index (χ2n) is 3.34. The van der Waals surface area contributed by atoms with Gasteiger partial charge in [-0.15, -0.1) is 11.3 Å². The number of nitrogens with two attached hydrogens (primary N) is 1. The van der Waals surface area contributed by atoms with Gasteiger partial charge in [0.05, 0.1) is 10.7 Å². The molecule has 1 aromatic heterocycles. The zero-order valence-corrected chi connectivity index (χ0v) is 9.44. The summed E-state index contributed by atoms with van der Waals surface area (Å²) in [7, 11) is 0. The molecule has 84 valence electrons. The van der Waals surface area contributed by atoms with E-state index in [-0.39, 0.29) is 0 Å². The highest BCUT2D eigenvalue weighted by Gasteiger charge is 2.12. The van der Waals surface area contributed by atoms with Crippen LogP contribution in [-0.4, -0.2) is 4.98 Å². The number of thiazole rings is 1. The molecule has 2 nitrogen and oxygen atoms in total. The molecule has 16 heavy (non-hydrogen) atoms. The highest BCUT2D eigenvalue weighted by atomic mass is 32.1. The molecule has 0 atom stereocenters. The summed E-state index contributed by atoms with van der Waals surface area (Å²) in [6.07, 6.45) is 0. The molecular weight excluding hydrogens is 230 g/mol. The van der Waals surface area contributed by atoms with Crippen LogP contribution in [0.15, 0.2) is 18.2 Å². The van der Waals surface area contributed by atoms with Crippen LogP contribution in [0.4, 0.5) is 8.78 Å². The van der Waals surface area contributed by atoms with Crippen LogP contribution >= 0.6 is 11.3 Å². The summed E-state index contributed by atoms with van der Waals surface area (Å²) in [5, 5.41) is 0.861. The first-order valence-electron chi connectivity index (χ1n) is 4.73. The van der Waals surface area contributed by atoms with Gasteiger partial charge in [0.25, 0.3) is 0 Å². The van der Waals surface area contributed by atoms with E-state index in [9.17, 15) is 8.78 Å². The Kier molecular flexibility index (Phi) is 2.98. The molecule has 0 aliphatic rings. The Morgan fingerprint density at radius 2 is 2.06 bits per heavy atom. The van der Waals surface area contributed by atoms with E-state index >= 15 is 0 Å². The molecular formula is C11H10F2N2S. The Hall–Kier alpha value is -1.33. The molecule has 0 saturated heterocycles. The first-order valence-corrected chi connectivity index (χ1v) is 5.55. The Morgan fingerprint density at radius 1 is 1.31 bits per heavy atom. The predicted octanol–water partition coefficient (Wildman–Crippen LogP) is 2.86. The second-order valence-corrected chi connectivity index (χ2v) is 4.63. The van der Waals surface area contributed by atoms with E-state index < -0.39 is 11.6 Å². The molecule has 1 heterocycles. The Labute approximate surface area is 95.7 Å². The van der Waals surface area contributed by atoms with Crippen molar-refractivity contribution in [1.29, 1.82) is 0 Å². The lowest BCUT2D eigenvalue weighted by molar-refractivity contribution is 0.509. The number of halogens is 2. The molecule has 2 N–H and O–H groups in total. The molecule has 0 saturated carbocycles. The monoisotopic (exact) mass is 240 g/mol.